The van der Waals surface area contributed by atoms with Crippen LogP contribution in [0, 0.1) is 0 Å². The van der Waals surface area contributed by atoms with Crippen LogP contribution in [0.3, 0.4) is 0 Å². The lowest BCUT2D eigenvalue weighted by Gasteiger charge is -2.16. The number of ether oxygens (including phenoxy) is 1. The fourth-order valence-electron chi connectivity index (χ4n) is 3.03. The van der Waals surface area contributed by atoms with Gasteiger partial charge in [0.25, 0.3) is 0 Å². The Morgan fingerprint density at radius 1 is 0.900 bits per heavy atom. The van der Waals surface area contributed by atoms with Crippen LogP contribution in [0.1, 0.15) is 68.6 Å². The zero-order chi connectivity index (χ0) is 14.0. The third-order valence-electron chi connectivity index (χ3n) is 4.31. The van der Waals surface area contributed by atoms with E-state index in [1.807, 2.05) is 0 Å². The molecule has 2 rings (SSSR count). The second-order valence-corrected chi connectivity index (χ2v) is 6.09. The van der Waals surface area contributed by atoms with Gasteiger partial charge in [-0.2, -0.15) is 0 Å². The molecule has 0 amide bonds. The van der Waals surface area contributed by atoms with Gasteiger partial charge in [0.2, 0.25) is 0 Å². The van der Waals surface area contributed by atoms with Crippen LogP contribution >= 0.6 is 0 Å². The summed E-state index contributed by atoms with van der Waals surface area (Å²) in [5.74, 6) is 0. The Bertz CT molecular complexity index is 383. The van der Waals surface area contributed by atoms with Gasteiger partial charge in [-0.15, -0.1) is 0 Å². The minimum atomic E-state index is 0.939. The SMILES string of the molecule is CCCCCOCCCCc1ccc2c(c1)CCCC2. The summed E-state index contributed by atoms with van der Waals surface area (Å²) in [4.78, 5) is 0. The van der Waals surface area contributed by atoms with Crippen molar-refractivity contribution < 1.29 is 4.74 Å². The number of aryl methyl sites for hydroxylation is 3. The molecule has 1 aromatic rings. The van der Waals surface area contributed by atoms with E-state index in [-0.39, 0.29) is 0 Å². The first-order valence-electron chi connectivity index (χ1n) is 8.58. The molecule has 0 radical (unpaired) electrons. The number of hydrogen-bond donors (Lipinski definition) is 0. The van der Waals surface area contributed by atoms with Gasteiger partial charge in [-0.3, -0.25) is 0 Å². The minimum absolute atomic E-state index is 0.939. The first-order valence-corrected chi connectivity index (χ1v) is 8.58. The van der Waals surface area contributed by atoms with Gasteiger partial charge < -0.3 is 4.74 Å². The number of rotatable bonds is 9. The Morgan fingerprint density at radius 3 is 2.45 bits per heavy atom. The van der Waals surface area contributed by atoms with Gasteiger partial charge in [0, 0.05) is 13.2 Å². The predicted molar refractivity (Wildman–Crippen MR) is 86.4 cm³/mol. The van der Waals surface area contributed by atoms with E-state index in [0.29, 0.717) is 0 Å². The van der Waals surface area contributed by atoms with Gasteiger partial charge in [-0.25, -0.2) is 0 Å². The summed E-state index contributed by atoms with van der Waals surface area (Å²) in [5.41, 5.74) is 4.74. The van der Waals surface area contributed by atoms with Crippen LogP contribution in [-0.2, 0) is 24.0 Å². The highest BCUT2D eigenvalue weighted by molar-refractivity contribution is 5.33. The summed E-state index contributed by atoms with van der Waals surface area (Å²) in [6.07, 6.45) is 12.8. The molecule has 0 heterocycles. The molecule has 0 aliphatic heterocycles. The van der Waals surface area contributed by atoms with E-state index in [1.165, 1.54) is 69.8 Å². The fraction of sp³-hybridized carbons (Fsp3) is 0.684. The Hall–Kier alpha value is -0.820. The molecule has 1 aliphatic rings. The van der Waals surface area contributed by atoms with E-state index in [0.717, 1.165) is 13.2 Å². The molecule has 1 nitrogen and oxygen atoms in total. The molecule has 0 spiro atoms. The van der Waals surface area contributed by atoms with Crippen molar-refractivity contribution in [2.24, 2.45) is 0 Å². The Morgan fingerprint density at radius 2 is 1.65 bits per heavy atom. The van der Waals surface area contributed by atoms with Crippen molar-refractivity contribution in [3.63, 3.8) is 0 Å². The lowest BCUT2D eigenvalue weighted by molar-refractivity contribution is 0.126. The number of benzene rings is 1. The van der Waals surface area contributed by atoms with Crippen molar-refractivity contribution in [3.8, 4) is 0 Å². The summed E-state index contributed by atoms with van der Waals surface area (Å²) in [6, 6.07) is 7.16. The smallest absolute Gasteiger partial charge is 0.0466 e. The van der Waals surface area contributed by atoms with E-state index in [9.17, 15) is 0 Å². The van der Waals surface area contributed by atoms with Crippen LogP contribution in [0.25, 0.3) is 0 Å². The summed E-state index contributed by atoms with van der Waals surface area (Å²) >= 11 is 0. The van der Waals surface area contributed by atoms with Crippen LogP contribution in [0.15, 0.2) is 18.2 Å². The Balaban J connectivity index is 1.60. The maximum Gasteiger partial charge on any atom is 0.0466 e. The normalized spacial score (nSPS) is 14.2. The lowest BCUT2D eigenvalue weighted by Crippen LogP contribution is -2.03. The third-order valence-corrected chi connectivity index (χ3v) is 4.31. The maximum absolute atomic E-state index is 5.66. The van der Waals surface area contributed by atoms with Crippen LogP contribution < -0.4 is 0 Å². The van der Waals surface area contributed by atoms with E-state index in [2.05, 4.69) is 25.1 Å². The van der Waals surface area contributed by atoms with Crippen molar-refractivity contribution in [2.75, 3.05) is 13.2 Å². The second-order valence-electron chi connectivity index (χ2n) is 6.09. The van der Waals surface area contributed by atoms with E-state index in [1.54, 1.807) is 11.1 Å². The van der Waals surface area contributed by atoms with Crippen LogP contribution in [0.5, 0.6) is 0 Å². The monoisotopic (exact) mass is 274 g/mol. The molecule has 0 bridgehead atoms. The Labute approximate surface area is 124 Å². The molecule has 1 heteroatoms. The zero-order valence-corrected chi connectivity index (χ0v) is 13.1. The van der Waals surface area contributed by atoms with Gasteiger partial charge in [0.15, 0.2) is 0 Å². The van der Waals surface area contributed by atoms with Crippen LogP contribution in [0.2, 0.25) is 0 Å². The van der Waals surface area contributed by atoms with Crippen molar-refractivity contribution >= 4 is 0 Å². The van der Waals surface area contributed by atoms with E-state index < -0.39 is 0 Å². The zero-order valence-electron chi connectivity index (χ0n) is 13.1. The molecule has 0 fully saturated rings. The average Bonchev–Trinajstić information content (AvgIpc) is 2.50. The van der Waals surface area contributed by atoms with Crippen LogP contribution in [-0.4, -0.2) is 13.2 Å². The molecule has 0 N–H and O–H groups in total. The topological polar surface area (TPSA) is 9.23 Å². The number of unbranched alkanes of at least 4 members (excludes halogenated alkanes) is 3. The molecular weight excluding hydrogens is 244 g/mol. The molecular formula is C19H30O. The summed E-state index contributed by atoms with van der Waals surface area (Å²) in [5, 5.41) is 0. The summed E-state index contributed by atoms with van der Waals surface area (Å²) in [7, 11) is 0. The molecule has 1 aliphatic carbocycles. The average molecular weight is 274 g/mol. The molecule has 112 valence electrons. The predicted octanol–water partition coefficient (Wildman–Crippen LogP) is 5.09. The molecule has 0 atom stereocenters. The molecule has 0 saturated heterocycles. The maximum atomic E-state index is 5.66. The summed E-state index contributed by atoms with van der Waals surface area (Å²) in [6.45, 7) is 4.12. The molecule has 20 heavy (non-hydrogen) atoms. The molecule has 1 aromatic carbocycles. The van der Waals surface area contributed by atoms with Gasteiger partial charge >= 0.3 is 0 Å². The number of fused-ring (bicyclic) bond motifs is 1. The van der Waals surface area contributed by atoms with Crippen molar-refractivity contribution in [1.29, 1.82) is 0 Å². The molecule has 0 saturated carbocycles. The van der Waals surface area contributed by atoms with Crippen molar-refractivity contribution in [1.82, 2.24) is 0 Å². The minimum Gasteiger partial charge on any atom is -0.381 e. The largest absolute Gasteiger partial charge is 0.381 e. The van der Waals surface area contributed by atoms with Gasteiger partial charge in [0.05, 0.1) is 0 Å². The first-order chi connectivity index (χ1) is 9.90. The first kappa shape index (κ1) is 15.6. The lowest BCUT2D eigenvalue weighted by atomic mass is 9.89. The molecule has 0 unspecified atom stereocenters. The van der Waals surface area contributed by atoms with Gasteiger partial charge in [-0.05, 0) is 68.1 Å². The van der Waals surface area contributed by atoms with Gasteiger partial charge in [0.1, 0.15) is 0 Å². The number of hydrogen-bond acceptors (Lipinski definition) is 1. The van der Waals surface area contributed by atoms with Gasteiger partial charge in [-0.1, -0.05) is 38.0 Å². The third kappa shape index (κ3) is 5.28. The van der Waals surface area contributed by atoms with Crippen LogP contribution in [0.4, 0.5) is 0 Å². The van der Waals surface area contributed by atoms with Crippen molar-refractivity contribution in [3.05, 3.63) is 34.9 Å². The highest BCUT2D eigenvalue weighted by Gasteiger charge is 2.09. The highest BCUT2D eigenvalue weighted by Crippen LogP contribution is 2.22. The summed E-state index contributed by atoms with van der Waals surface area (Å²) < 4.78 is 5.66. The van der Waals surface area contributed by atoms with E-state index in [4.69, 9.17) is 4.74 Å². The highest BCUT2D eigenvalue weighted by atomic mass is 16.5. The fourth-order valence-corrected chi connectivity index (χ4v) is 3.03. The standard InChI is InChI=1S/C19H30O/c1-2-3-7-14-20-15-8-6-9-17-12-13-18-10-4-5-11-19(18)16-17/h12-13,16H,2-11,14-15H2,1H3. The van der Waals surface area contributed by atoms with Crippen molar-refractivity contribution in [2.45, 2.75) is 71.1 Å². The second kappa shape index (κ2) is 9.18. The van der Waals surface area contributed by atoms with E-state index >= 15 is 0 Å². The quantitative estimate of drug-likeness (QED) is 0.570. The molecule has 0 aromatic heterocycles. The Kier molecular flexibility index (Phi) is 7.14.